The van der Waals surface area contributed by atoms with Crippen LogP contribution in [0.5, 0.6) is 0 Å². The van der Waals surface area contributed by atoms with Gasteiger partial charge < -0.3 is 14.9 Å². The first kappa shape index (κ1) is 18.8. The van der Waals surface area contributed by atoms with Crippen LogP contribution in [-0.2, 0) is 11.3 Å². The molecule has 1 spiro atoms. The molecule has 1 N–H and O–H groups in total. The number of aromatic nitrogens is 2. The summed E-state index contributed by atoms with van der Waals surface area (Å²) >= 11 is 1.53. The Bertz CT molecular complexity index is 863. The molecule has 28 heavy (non-hydrogen) atoms. The van der Waals surface area contributed by atoms with E-state index in [4.69, 9.17) is 0 Å². The van der Waals surface area contributed by atoms with Crippen molar-refractivity contribution in [2.45, 2.75) is 31.8 Å². The smallest absolute Gasteiger partial charge is 0.328 e. The molecule has 2 fully saturated rings. The van der Waals surface area contributed by atoms with Crippen molar-refractivity contribution in [1.82, 2.24) is 20.0 Å². The lowest BCUT2D eigenvalue weighted by Crippen LogP contribution is -2.56. The molecular weight excluding hydrogens is 378 g/mol. The zero-order valence-corrected chi connectivity index (χ0v) is 16.6. The van der Waals surface area contributed by atoms with Gasteiger partial charge in [-0.1, -0.05) is 41.7 Å². The van der Waals surface area contributed by atoms with Crippen molar-refractivity contribution in [2.75, 3.05) is 31.1 Å². The molecule has 0 radical (unpaired) electrons. The average Bonchev–Trinajstić information content (AvgIpc) is 3.22. The predicted octanol–water partition coefficient (Wildman–Crippen LogP) is 1.64. The highest BCUT2D eigenvalue weighted by Gasteiger charge is 2.57. The number of anilines is 1. The van der Waals surface area contributed by atoms with Crippen LogP contribution in [0, 0.1) is 6.92 Å². The number of hydrogen-bond donors (Lipinski definition) is 1. The first-order chi connectivity index (χ1) is 13.5. The van der Waals surface area contributed by atoms with Crippen LogP contribution in [0.15, 0.2) is 30.3 Å². The molecule has 2 aromatic rings. The first-order valence-corrected chi connectivity index (χ1v) is 10.2. The molecule has 0 saturated carbocycles. The van der Waals surface area contributed by atoms with E-state index >= 15 is 0 Å². The number of imide groups is 1. The van der Waals surface area contributed by atoms with E-state index in [-0.39, 0.29) is 25.1 Å². The SMILES string of the molecule is Cc1nnc(N2CCC3(CC2)C(=O)N(CCO)C(=O)N3Cc2ccccc2)s1. The summed E-state index contributed by atoms with van der Waals surface area (Å²) < 4.78 is 0. The van der Waals surface area contributed by atoms with Crippen LogP contribution in [0.25, 0.3) is 0 Å². The van der Waals surface area contributed by atoms with Crippen molar-refractivity contribution in [3.05, 3.63) is 40.9 Å². The molecule has 0 aliphatic carbocycles. The fourth-order valence-electron chi connectivity index (χ4n) is 4.03. The summed E-state index contributed by atoms with van der Waals surface area (Å²) in [5, 5.41) is 19.4. The Morgan fingerprint density at radius 2 is 1.86 bits per heavy atom. The van der Waals surface area contributed by atoms with Gasteiger partial charge in [0.25, 0.3) is 5.91 Å². The molecule has 0 bridgehead atoms. The molecule has 0 unspecified atom stereocenters. The minimum Gasteiger partial charge on any atom is -0.395 e. The van der Waals surface area contributed by atoms with E-state index in [0.717, 1.165) is 15.7 Å². The topological polar surface area (TPSA) is 89.9 Å². The van der Waals surface area contributed by atoms with Crippen LogP contribution in [0.1, 0.15) is 23.4 Å². The number of β-amino-alcohol motifs (C(OH)–C–C–N with tert-alkyl or cyclic N) is 1. The molecule has 1 aromatic heterocycles. The molecule has 2 aliphatic heterocycles. The number of piperidine rings is 1. The summed E-state index contributed by atoms with van der Waals surface area (Å²) in [6, 6.07) is 9.38. The van der Waals surface area contributed by atoms with Crippen LogP contribution >= 0.6 is 11.3 Å². The number of benzene rings is 1. The van der Waals surface area contributed by atoms with E-state index < -0.39 is 5.54 Å². The Morgan fingerprint density at radius 3 is 2.46 bits per heavy atom. The Morgan fingerprint density at radius 1 is 1.14 bits per heavy atom. The number of hydrogen-bond acceptors (Lipinski definition) is 7. The van der Waals surface area contributed by atoms with Crippen molar-refractivity contribution in [2.24, 2.45) is 0 Å². The second kappa shape index (κ2) is 7.48. The van der Waals surface area contributed by atoms with Crippen molar-refractivity contribution >= 4 is 28.4 Å². The average molecular weight is 401 g/mol. The van der Waals surface area contributed by atoms with Crippen LogP contribution in [-0.4, -0.2) is 68.8 Å². The van der Waals surface area contributed by atoms with Gasteiger partial charge in [-0.2, -0.15) is 0 Å². The molecule has 2 saturated heterocycles. The van der Waals surface area contributed by atoms with Gasteiger partial charge in [0.2, 0.25) is 5.13 Å². The standard InChI is InChI=1S/C19H23N5O3S/c1-14-20-21-17(28-14)22-9-7-19(8-10-22)16(26)23(11-12-25)18(27)24(19)13-15-5-3-2-4-6-15/h2-6,25H,7-13H2,1H3. The number of carbonyl (C=O) groups excluding carboxylic acids is 2. The maximum atomic E-state index is 13.2. The second-order valence-electron chi connectivity index (χ2n) is 7.16. The second-order valence-corrected chi connectivity index (χ2v) is 8.32. The molecule has 148 valence electrons. The van der Waals surface area contributed by atoms with E-state index in [1.54, 1.807) is 4.90 Å². The monoisotopic (exact) mass is 401 g/mol. The summed E-state index contributed by atoms with van der Waals surface area (Å²) in [5.74, 6) is -0.199. The molecule has 3 heterocycles. The third kappa shape index (κ3) is 3.14. The highest BCUT2D eigenvalue weighted by molar-refractivity contribution is 7.15. The number of rotatable bonds is 5. The Balaban J connectivity index is 1.60. The number of amides is 3. The number of aliphatic hydroxyl groups excluding tert-OH is 1. The molecule has 4 rings (SSSR count). The lowest BCUT2D eigenvalue weighted by molar-refractivity contribution is -0.134. The van der Waals surface area contributed by atoms with Gasteiger partial charge in [0.1, 0.15) is 10.5 Å². The summed E-state index contributed by atoms with van der Waals surface area (Å²) in [7, 11) is 0. The van der Waals surface area contributed by atoms with Gasteiger partial charge in [0.15, 0.2) is 0 Å². The quantitative estimate of drug-likeness (QED) is 0.766. The van der Waals surface area contributed by atoms with Crippen LogP contribution in [0.2, 0.25) is 0 Å². The maximum absolute atomic E-state index is 13.2. The summed E-state index contributed by atoms with van der Waals surface area (Å²) in [5.41, 5.74) is 0.120. The summed E-state index contributed by atoms with van der Waals surface area (Å²) in [4.78, 5) is 31.3. The number of carbonyl (C=O) groups is 2. The van der Waals surface area contributed by atoms with Crippen LogP contribution in [0.4, 0.5) is 9.93 Å². The fraction of sp³-hybridized carbons (Fsp3) is 0.474. The van der Waals surface area contributed by atoms with Crippen molar-refractivity contribution < 1.29 is 14.7 Å². The molecule has 0 atom stereocenters. The van der Waals surface area contributed by atoms with E-state index in [2.05, 4.69) is 15.1 Å². The largest absolute Gasteiger partial charge is 0.395 e. The number of urea groups is 1. The molecule has 1 aromatic carbocycles. The highest BCUT2D eigenvalue weighted by Crippen LogP contribution is 2.39. The maximum Gasteiger partial charge on any atom is 0.328 e. The van der Waals surface area contributed by atoms with Gasteiger partial charge in [-0.3, -0.25) is 9.69 Å². The Hall–Kier alpha value is -2.52. The zero-order valence-electron chi connectivity index (χ0n) is 15.7. The Labute approximate surface area is 167 Å². The first-order valence-electron chi connectivity index (χ1n) is 9.38. The van der Waals surface area contributed by atoms with Gasteiger partial charge in [-0.25, -0.2) is 4.79 Å². The molecule has 8 nitrogen and oxygen atoms in total. The minimum absolute atomic E-state index is 0.0318. The van der Waals surface area contributed by atoms with Crippen molar-refractivity contribution in [3.8, 4) is 0 Å². The normalized spacial score (nSPS) is 19.1. The van der Waals surface area contributed by atoms with Crippen LogP contribution in [0.3, 0.4) is 0 Å². The lowest BCUT2D eigenvalue weighted by Gasteiger charge is -2.42. The number of aliphatic hydroxyl groups is 1. The van der Waals surface area contributed by atoms with Gasteiger partial charge in [0, 0.05) is 19.6 Å². The third-order valence-electron chi connectivity index (χ3n) is 5.51. The molecule has 2 aliphatic rings. The van der Waals surface area contributed by atoms with Gasteiger partial charge in [0.05, 0.1) is 13.2 Å². The van der Waals surface area contributed by atoms with Gasteiger partial charge in [-0.05, 0) is 25.3 Å². The van der Waals surface area contributed by atoms with Crippen molar-refractivity contribution in [1.29, 1.82) is 0 Å². The zero-order chi connectivity index (χ0) is 19.7. The number of nitrogens with zero attached hydrogens (tertiary/aromatic N) is 5. The molecule has 9 heteroatoms. The molecule has 3 amide bonds. The van der Waals surface area contributed by atoms with Crippen molar-refractivity contribution in [3.63, 3.8) is 0 Å². The van der Waals surface area contributed by atoms with Gasteiger partial charge in [-0.15, -0.1) is 10.2 Å². The van der Waals surface area contributed by atoms with E-state index in [9.17, 15) is 14.7 Å². The fourth-order valence-corrected chi connectivity index (χ4v) is 4.77. The minimum atomic E-state index is -0.863. The van der Waals surface area contributed by atoms with Gasteiger partial charge >= 0.3 is 6.03 Å². The third-order valence-corrected chi connectivity index (χ3v) is 6.40. The van der Waals surface area contributed by atoms with Crippen LogP contribution < -0.4 is 4.90 Å². The molecular formula is C19H23N5O3S. The summed E-state index contributed by atoms with van der Waals surface area (Å²) in [6.45, 7) is 3.36. The highest BCUT2D eigenvalue weighted by atomic mass is 32.1. The lowest BCUT2D eigenvalue weighted by atomic mass is 9.85. The predicted molar refractivity (Wildman–Crippen MR) is 105 cm³/mol. The van der Waals surface area contributed by atoms with E-state index in [1.807, 2.05) is 37.3 Å². The summed E-state index contributed by atoms with van der Waals surface area (Å²) in [6.07, 6.45) is 1.07. The number of aryl methyl sites for hydroxylation is 1. The van der Waals surface area contributed by atoms with E-state index in [0.29, 0.717) is 32.5 Å². The Kier molecular flexibility index (Phi) is 5.03. The van der Waals surface area contributed by atoms with E-state index in [1.165, 1.54) is 16.2 Å².